The molecule has 0 N–H and O–H groups in total. The molecule has 0 aliphatic carbocycles. The number of ether oxygens (including phenoxy) is 1. The molecule has 74 heavy (non-hydrogen) atoms. The minimum absolute atomic E-state index is 0.107. The molecule has 0 unspecified atom stereocenters. The molecule has 0 fully saturated rings. The second kappa shape index (κ2) is 18.5. The summed E-state index contributed by atoms with van der Waals surface area (Å²) in [7, 11) is 0. The van der Waals surface area contributed by atoms with E-state index in [1.54, 1.807) is 41.0 Å². The largest absolute Gasteiger partial charge is 0.457 e. The van der Waals surface area contributed by atoms with Gasteiger partial charge in [0.2, 0.25) is 0 Å². The molecule has 0 amide bonds. The van der Waals surface area contributed by atoms with Gasteiger partial charge in [-0.15, -0.1) is 0 Å². The van der Waals surface area contributed by atoms with E-state index >= 15 is 0 Å². The van der Waals surface area contributed by atoms with Gasteiger partial charge in [0.05, 0.1) is 30.8 Å². The van der Waals surface area contributed by atoms with Gasteiger partial charge in [-0.2, -0.15) is 0 Å². The van der Waals surface area contributed by atoms with Crippen LogP contribution in [0.3, 0.4) is 0 Å². The SMILES string of the molecule is [2H]c1nc(-n2c3ccccc3c3ccc(Oc4cccc(N5CN(c6c(-c7ccccc7)cc(C(C)(C)C)cc6-c6cc(C(C)(C)C)cc(C(C)(C)C)c6)c6ccccc65)c4)cc32)c([2H])c(C([2H])(C([2H])([2H])[2H])C([2H])([2H])[2H])c1-c1ccccc1. The Balaban J connectivity index is 1.04. The van der Waals surface area contributed by atoms with Crippen molar-refractivity contribution in [2.75, 3.05) is 16.5 Å². The maximum absolute atomic E-state index is 9.82. The van der Waals surface area contributed by atoms with Gasteiger partial charge < -0.3 is 14.5 Å². The van der Waals surface area contributed by atoms with Gasteiger partial charge in [0, 0.05) is 61.1 Å². The zero-order valence-corrected chi connectivity index (χ0v) is 43.7. The normalized spacial score (nSPS) is 15.3. The molecule has 11 rings (SSSR count). The number of hydrogen-bond donors (Lipinski definition) is 0. The fourth-order valence-electron chi connectivity index (χ4n) is 10.3. The highest BCUT2D eigenvalue weighted by atomic mass is 16.5. The molecule has 1 aliphatic rings. The first-order chi connectivity index (χ1) is 39.0. The van der Waals surface area contributed by atoms with E-state index in [0.717, 1.165) is 55.8 Å². The lowest BCUT2D eigenvalue weighted by molar-refractivity contribution is 0.483. The molecule has 5 nitrogen and oxygen atoms in total. The van der Waals surface area contributed by atoms with Crippen molar-refractivity contribution in [3.8, 4) is 50.7 Å². The van der Waals surface area contributed by atoms with Crippen molar-refractivity contribution >= 4 is 44.6 Å². The van der Waals surface area contributed by atoms with Gasteiger partial charge >= 0.3 is 0 Å². The monoisotopic (exact) mass is 978 g/mol. The number of pyridine rings is 1. The van der Waals surface area contributed by atoms with Crippen LogP contribution in [0.1, 0.15) is 117 Å². The van der Waals surface area contributed by atoms with Gasteiger partial charge in [0.1, 0.15) is 24.0 Å². The molecule has 370 valence electrons. The standard InChI is InChI=1S/C69H68N4O/c1-45(2)57-42-65(70-43-60(57)47-25-16-13-17-26-47)73-61-30-19-18-29-55(61)56-34-33-54(41-64(56)73)74-53-28-22-27-52(40-53)71-44-72(63-32-21-20-31-62(63)71)66-58(46-23-14-12-15-24-46)38-51(69(9,10)11)39-59(66)48-35-49(67(3,4)5)37-50(36-48)68(6,7)8/h12-43,45H,44H2,1-11H3/i1D3,2D3,42D,43D,45D. The van der Waals surface area contributed by atoms with Crippen molar-refractivity contribution in [1.29, 1.82) is 0 Å². The first-order valence-corrected chi connectivity index (χ1v) is 25.5. The van der Waals surface area contributed by atoms with Crippen LogP contribution in [0.4, 0.5) is 22.7 Å². The molecule has 3 heterocycles. The minimum Gasteiger partial charge on any atom is -0.457 e. The van der Waals surface area contributed by atoms with E-state index in [0.29, 0.717) is 29.2 Å². The predicted octanol–water partition coefficient (Wildman–Crippen LogP) is 19.2. The second-order valence-corrected chi connectivity index (χ2v) is 22.6. The van der Waals surface area contributed by atoms with E-state index < -0.39 is 37.4 Å². The third-order valence-corrected chi connectivity index (χ3v) is 14.3. The van der Waals surface area contributed by atoms with Crippen LogP contribution in [0.15, 0.2) is 194 Å². The van der Waals surface area contributed by atoms with Crippen LogP contribution in [-0.2, 0) is 16.2 Å². The molecule has 8 aromatic carbocycles. The van der Waals surface area contributed by atoms with E-state index in [4.69, 9.17) is 13.0 Å². The Hall–Kier alpha value is -7.89. The van der Waals surface area contributed by atoms with Crippen molar-refractivity contribution in [3.05, 3.63) is 216 Å². The Bertz CT molecular complexity index is 4080. The number of para-hydroxylation sites is 3. The lowest BCUT2D eigenvalue weighted by Crippen LogP contribution is -2.25. The van der Waals surface area contributed by atoms with Crippen LogP contribution in [0.25, 0.3) is 61.0 Å². The smallest absolute Gasteiger partial charge is 0.137 e. The van der Waals surface area contributed by atoms with Crippen molar-refractivity contribution in [3.63, 3.8) is 0 Å². The summed E-state index contributed by atoms with van der Waals surface area (Å²) in [6.45, 7) is 14.1. The van der Waals surface area contributed by atoms with Crippen LogP contribution in [0.2, 0.25) is 0 Å². The predicted molar refractivity (Wildman–Crippen MR) is 314 cm³/mol. The molecule has 0 saturated carbocycles. The van der Waals surface area contributed by atoms with E-state index in [2.05, 4.69) is 168 Å². The first-order valence-electron chi connectivity index (χ1n) is 30.0. The van der Waals surface area contributed by atoms with E-state index in [9.17, 15) is 4.11 Å². The molecule has 0 radical (unpaired) electrons. The van der Waals surface area contributed by atoms with Crippen LogP contribution < -0.4 is 14.5 Å². The molecule has 0 spiro atoms. The molecule has 2 aromatic heterocycles. The number of aromatic nitrogens is 2. The third kappa shape index (κ3) is 9.04. The Morgan fingerprint density at radius 3 is 1.72 bits per heavy atom. The molecule has 0 bridgehead atoms. The zero-order chi connectivity index (χ0) is 59.3. The van der Waals surface area contributed by atoms with Gasteiger partial charge in [-0.05, 0) is 122 Å². The Kier molecular flexibility index (Phi) is 9.70. The summed E-state index contributed by atoms with van der Waals surface area (Å²) in [6, 6.07) is 59.8. The number of hydrogen-bond acceptors (Lipinski definition) is 4. The molecular formula is C69H68N4O. The van der Waals surface area contributed by atoms with E-state index in [1.165, 1.54) is 16.7 Å². The number of benzene rings is 8. The van der Waals surface area contributed by atoms with Gasteiger partial charge in [-0.3, -0.25) is 4.57 Å². The second-order valence-electron chi connectivity index (χ2n) is 22.6. The van der Waals surface area contributed by atoms with Crippen LogP contribution >= 0.6 is 0 Å². The van der Waals surface area contributed by atoms with Crippen molar-refractivity contribution in [2.45, 2.75) is 98.2 Å². The van der Waals surface area contributed by atoms with Gasteiger partial charge in [-0.1, -0.05) is 191 Å². The minimum atomic E-state index is -3.45. The number of anilines is 4. The molecule has 5 heteroatoms. The summed E-state index contributed by atoms with van der Waals surface area (Å²) in [4.78, 5) is 9.44. The van der Waals surface area contributed by atoms with Gasteiger partial charge in [-0.25, -0.2) is 4.98 Å². The lowest BCUT2D eigenvalue weighted by atomic mass is 9.77. The first kappa shape index (κ1) is 38.7. The summed E-state index contributed by atoms with van der Waals surface area (Å²) in [5.74, 6) is -2.53. The fraction of sp³-hybridized carbons (Fsp3) is 0.232. The number of rotatable bonds is 9. The molecular weight excluding hydrogens is 901 g/mol. The van der Waals surface area contributed by atoms with Crippen LogP contribution in [-0.4, -0.2) is 16.2 Å². The highest BCUT2D eigenvalue weighted by Crippen LogP contribution is 2.52. The van der Waals surface area contributed by atoms with Crippen molar-refractivity contribution in [1.82, 2.24) is 9.55 Å². The summed E-state index contributed by atoms with van der Waals surface area (Å²) >= 11 is 0. The molecule has 10 aromatic rings. The van der Waals surface area contributed by atoms with E-state index in [-0.39, 0.29) is 33.2 Å². The quantitative estimate of drug-likeness (QED) is 0.144. The Labute approximate surface area is 451 Å². The molecule has 1 aliphatic heterocycles. The molecule has 0 atom stereocenters. The summed E-state index contributed by atoms with van der Waals surface area (Å²) < 4.78 is 88.4. The van der Waals surface area contributed by atoms with Crippen molar-refractivity contribution in [2.24, 2.45) is 0 Å². The van der Waals surface area contributed by atoms with Crippen LogP contribution in [0, 0.1) is 0 Å². The summed E-state index contributed by atoms with van der Waals surface area (Å²) in [5, 5.41) is 1.51. The Morgan fingerprint density at radius 1 is 0.514 bits per heavy atom. The van der Waals surface area contributed by atoms with Crippen LogP contribution in [0.5, 0.6) is 11.5 Å². The number of nitrogens with zero attached hydrogens (tertiary/aromatic N) is 4. The van der Waals surface area contributed by atoms with E-state index in [1.807, 2.05) is 54.6 Å². The molecule has 0 saturated heterocycles. The van der Waals surface area contributed by atoms with Gasteiger partial charge in [0.15, 0.2) is 0 Å². The average Bonchev–Trinajstić information content (AvgIpc) is 3.82. The highest BCUT2D eigenvalue weighted by molar-refractivity contribution is 6.09. The topological polar surface area (TPSA) is 33.5 Å². The maximum atomic E-state index is 9.82. The zero-order valence-electron chi connectivity index (χ0n) is 52.7. The Morgan fingerprint density at radius 2 is 1.07 bits per heavy atom. The summed E-state index contributed by atoms with van der Waals surface area (Å²) in [5.41, 5.74) is 12.6. The average molecular weight is 978 g/mol. The maximum Gasteiger partial charge on any atom is 0.137 e. The lowest BCUT2D eigenvalue weighted by Gasteiger charge is -2.31. The van der Waals surface area contributed by atoms with Gasteiger partial charge in [0.25, 0.3) is 0 Å². The fourth-order valence-corrected chi connectivity index (χ4v) is 10.3. The van der Waals surface area contributed by atoms with Crippen molar-refractivity contribution < 1.29 is 17.1 Å². The number of fused-ring (bicyclic) bond motifs is 4. The third-order valence-electron chi connectivity index (χ3n) is 14.3. The summed E-state index contributed by atoms with van der Waals surface area (Å²) in [6.07, 6.45) is -0.474. The highest BCUT2D eigenvalue weighted by Gasteiger charge is 2.34.